The quantitative estimate of drug-likeness (QED) is 0.157. The molecule has 2 nitrogen and oxygen atoms in total. The molecule has 0 aromatic carbocycles. The molecule has 0 atom stereocenters. The van der Waals surface area contributed by atoms with Crippen LogP contribution in [0.1, 0.15) is 90.4 Å². The van der Waals surface area contributed by atoms with Gasteiger partial charge in [-0.3, -0.25) is 0 Å². The lowest BCUT2D eigenvalue weighted by atomic mass is 10.1. The molecular weight excluding hydrogens is 246 g/mol. The Morgan fingerprint density at radius 1 is 0.750 bits per heavy atom. The Morgan fingerprint density at radius 2 is 1.25 bits per heavy atom. The van der Waals surface area contributed by atoms with Crippen molar-refractivity contribution >= 4 is 6.08 Å². The largest absolute Gasteiger partial charge is 0.234 e. The zero-order valence-electron chi connectivity index (χ0n) is 13.4. The van der Waals surface area contributed by atoms with E-state index in [9.17, 15) is 4.79 Å². The molecule has 0 radical (unpaired) electrons. The lowest BCUT2D eigenvalue weighted by molar-refractivity contribution is 0.560. The SMILES string of the molecule is CCCCCCCCC=CCCCCCCCN=C=O. The van der Waals surface area contributed by atoms with Crippen LogP contribution in [-0.4, -0.2) is 12.6 Å². The maximum atomic E-state index is 9.85. The number of hydrogen-bond acceptors (Lipinski definition) is 2. The van der Waals surface area contributed by atoms with Crippen molar-refractivity contribution in [3.8, 4) is 0 Å². The molecule has 0 aliphatic carbocycles. The van der Waals surface area contributed by atoms with Gasteiger partial charge in [0.15, 0.2) is 0 Å². The van der Waals surface area contributed by atoms with Gasteiger partial charge < -0.3 is 0 Å². The van der Waals surface area contributed by atoms with E-state index in [0.717, 1.165) is 6.42 Å². The van der Waals surface area contributed by atoms with E-state index in [1.807, 2.05) is 0 Å². The molecule has 0 saturated carbocycles. The molecule has 0 N–H and O–H groups in total. The lowest BCUT2D eigenvalue weighted by Gasteiger charge is -1.98. The molecule has 0 unspecified atom stereocenters. The van der Waals surface area contributed by atoms with Crippen molar-refractivity contribution in [3.63, 3.8) is 0 Å². The Balaban J connectivity index is 3.06. The molecule has 0 bridgehead atoms. The number of unbranched alkanes of at least 4 members (excludes halogenated alkanes) is 11. The number of hydrogen-bond donors (Lipinski definition) is 0. The third-order valence-corrected chi connectivity index (χ3v) is 3.60. The molecule has 0 heterocycles. The summed E-state index contributed by atoms with van der Waals surface area (Å²) < 4.78 is 0. The predicted molar refractivity (Wildman–Crippen MR) is 87.8 cm³/mol. The van der Waals surface area contributed by atoms with Gasteiger partial charge in [-0.15, -0.1) is 0 Å². The maximum absolute atomic E-state index is 9.85. The molecule has 0 fully saturated rings. The zero-order chi connectivity index (χ0) is 14.7. The smallest absolute Gasteiger partial charge is 0.211 e. The van der Waals surface area contributed by atoms with Gasteiger partial charge in [0.2, 0.25) is 6.08 Å². The summed E-state index contributed by atoms with van der Waals surface area (Å²) in [6.07, 6.45) is 23.2. The van der Waals surface area contributed by atoms with Gasteiger partial charge in [-0.25, -0.2) is 9.79 Å². The molecule has 2 heteroatoms. The molecule has 0 aliphatic rings. The first kappa shape index (κ1) is 19.1. The van der Waals surface area contributed by atoms with Gasteiger partial charge in [0, 0.05) is 0 Å². The van der Waals surface area contributed by atoms with Crippen molar-refractivity contribution in [2.24, 2.45) is 4.99 Å². The van der Waals surface area contributed by atoms with Crippen LogP contribution in [0.15, 0.2) is 17.1 Å². The predicted octanol–water partition coefficient (Wildman–Crippen LogP) is 5.97. The highest BCUT2D eigenvalue weighted by atomic mass is 16.1. The number of isocyanates is 1. The van der Waals surface area contributed by atoms with Gasteiger partial charge in [-0.1, -0.05) is 70.4 Å². The average Bonchev–Trinajstić information content (AvgIpc) is 2.47. The highest BCUT2D eigenvalue weighted by Gasteiger charge is 1.90. The van der Waals surface area contributed by atoms with E-state index in [0.29, 0.717) is 6.54 Å². The molecule has 0 amide bonds. The Kier molecular flexibility index (Phi) is 17.3. The summed E-state index contributed by atoms with van der Waals surface area (Å²) in [4.78, 5) is 13.4. The monoisotopic (exact) mass is 279 g/mol. The molecular formula is C18H33NO. The van der Waals surface area contributed by atoms with E-state index in [4.69, 9.17) is 0 Å². The molecule has 0 spiro atoms. The summed E-state index contributed by atoms with van der Waals surface area (Å²) in [5.74, 6) is 0. The molecule has 0 aliphatic heterocycles. The first-order valence-electron chi connectivity index (χ1n) is 8.60. The van der Waals surface area contributed by atoms with E-state index in [2.05, 4.69) is 24.1 Å². The van der Waals surface area contributed by atoms with Crippen molar-refractivity contribution in [1.82, 2.24) is 0 Å². The Labute approximate surface area is 125 Å². The minimum Gasteiger partial charge on any atom is -0.211 e. The summed E-state index contributed by atoms with van der Waals surface area (Å²) in [5.41, 5.74) is 0. The van der Waals surface area contributed by atoms with Gasteiger partial charge in [0.05, 0.1) is 6.54 Å². The fourth-order valence-electron chi connectivity index (χ4n) is 2.31. The number of carbonyl (C=O) groups excluding carboxylic acids is 1. The minimum atomic E-state index is 0.654. The molecule has 0 rings (SSSR count). The molecule has 0 aromatic rings. The Bertz CT molecular complexity index is 254. The fourth-order valence-corrected chi connectivity index (χ4v) is 2.31. The van der Waals surface area contributed by atoms with Gasteiger partial charge in [0.1, 0.15) is 0 Å². The zero-order valence-corrected chi connectivity index (χ0v) is 13.4. The number of nitrogens with zero attached hydrogens (tertiary/aromatic N) is 1. The Hall–Kier alpha value is -0.880. The van der Waals surface area contributed by atoms with Crippen LogP contribution >= 0.6 is 0 Å². The summed E-state index contributed by atoms with van der Waals surface area (Å²) >= 11 is 0. The van der Waals surface area contributed by atoms with Crippen LogP contribution < -0.4 is 0 Å². The van der Waals surface area contributed by atoms with Crippen LogP contribution in [0.3, 0.4) is 0 Å². The fraction of sp³-hybridized carbons (Fsp3) is 0.833. The van der Waals surface area contributed by atoms with Crippen LogP contribution in [0.25, 0.3) is 0 Å². The second-order valence-corrected chi connectivity index (χ2v) is 5.56. The second-order valence-electron chi connectivity index (χ2n) is 5.56. The average molecular weight is 279 g/mol. The topological polar surface area (TPSA) is 29.4 Å². The van der Waals surface area contributed by atoms with Crippen molar-refractivity contribution in [2.75, 3.05) is 6.54 Å². The first-order chi connectivity index (χ1) is 9.91. The van der Waals surface area contributed by atoms with Crippen LogP contribution in [0, 0.1) is 0 Å². The van der Waals surface area contributed by atoms with Crippen molar-refractivity contribution in [3.05, 3.63) is 12.2 Å². The third-order valence-electron chi connectivity index (χ3n) is 3.60. The van der Waals surface area contributed by atoms with Crippen molar-refractivity contribution < 1.29 is 4.79 Å². The van der Waals surface area contributed by atoms with Gasteiger partial charge in [-0.2, -0.15) is 0 Å². The van der Waals surface area contributed by atoms with Crippen LogP contribution in [0.4, 0.5) is 0 Å². The summed E-state index contributed by atoms with van der Waals surface area (Å²) in [5, 5.41) is 0. The molecule has 20 heavy (non-hydrogen) atoms. The van der Waals surface area contributed by atoms with Gasteiger partial charge in [-0.05, 0) is 32.1 Å². The van der Waals surface area contributed by atoms with E-state index in [1.165, 1.54) is 77.0 Å². The molecule has 116 valence electrons. The van der Waals surface area contributed by atoms with Crippen LogP contribution in [0.5, 0.6) is 0 Å². The van der Waals surface area contributed by atoms with E-state index >= 15 is 0 Å². The molecule has 0 aromatic heterocycles. The standard InChI is InChI=1S/C18H33NO/c1-2-3-4-5-6-7-8-9-10-11-12-13-14-15-16-17-19-18-20/h9-10H,2-8,11-17H2,1H3. The number of aliphatic imine (C=N–C) groups is 1. The highest BCUT2D eigenvalue weighted by Crippen LogP contribution is 2.09. The van der Waals surface area contributed by atoms with Crippen LogP contribution in [0.2, 0.25) is 0 Å². The van der Waals surface area contributed by atoms with Crippen LogP contribution in [-0.2, 0) is 4.79 Å². The van der Waals surface area contributed by atoms with Gasteiger partial charge in [0.25, 0.3) is 0 Å². The molecule has 0 saturated heterocycles. The number of rotatable bonds is 15. The number of allylic oxidation sites excluding steroid dienone is 2. The maximum Gasteiger partial charge on any atom is 0.234 e. The first-order valence-corrected chi connectivity index (χ1v) is 8.60. The summed E-state index contributed by atoms with van der Waals surface area (Å²) in [6, 6.07) is 0. The minimum absolute atomic E-state index is 0.654. The van der Waals surface area contributed by atoms with E-state index in [-0.39, 0.29) is 0 Å². The summed E-state index contributed by atoms with van der Waals surface area (Å²) in [7, 11) is 0. The highest BCUT2D eigenvalue weighted by molar-refractivity contribution is 5.32. The van der Waals surface area contributed by atoms with Crippen molar-refractivity contribution in [2.45, 2.75) is 90.4 Å². The van der Waals surface area contributed by atoms with Gasteiger partial charge >= 0.3 is 0 Å². The lowest BCUT2D eigenvalue weighted by Crippen LogP contribution is -1.82. The third kappa shape index (κ3) is 17.1. The Morgan fingerprint density at radius 3 is 1.80 bits per heavy atom. The second kappa shape index (κ2) is 18.1. The van der Waals surface area contributed by atoms with Crippen molar-refractivity contribution in [1.29, 1.82) is 0 Å². The van der Waals surface area contributed by atoms with E-state index in [1.54, 1.807) is 6.08 Å². The normalized spacial score (nSPS) is 10.8. The van der Waals surface area contributed by atoms with E-state index < -0.39 is 0 Å². The summed E-state index contributed by atoms with van der Waals surface area (Å²) in [6.45, 7) is 2.92.